The Kier molecular flexibility index (Phi) is 7.91. The number of methoxy groups -OCH3 is 1. The maximum atomic E-state index is 12.7. The van der Waals surface area contributed by atoms with Crippen molar-refractivity contribution in [2.45, 2.75) is 79.4 Å². The van der Waals surface area contributed by atoms with E-state index in [0.717, 1.165) is 30.0 Å². The van der Waals surface area contributed by atoms with Gasteiger partial charge in [-0.15, -0.1) is 11.3 Å². The van der Waals surface area contributed by atoms with Crippen LogP contribution in [0.3, 0.4) is 0 Å². The van der Waals surface area contributed by atoms with Crippen molar-refractivity contribution in [2.24, 2.45) is 28.6 Å². The molecule has 33 heavy (non-hydrogen) atoms. The molecule has 2 N–H and O–H groups in total. The molecule has 1 amide bonds. The van der Waals surface area contributed by atoms with Gasteiger partial charge in [-0.1, -0.05) is 20.8 Å². The van der Waals surface area contributed by atoms with Gasteiger partial charge >= 0.3 is 5.97 Å². The molecule has 1 aromatic rings. The number of esters is 1. The molecule has 0 unspecified atom stereocenters. The van der Waals surface area contributed by atoms with Crippen molar-refractivity contribution in [3.8, 4) is 0 Å². The second kappa shape index (κ2) is 10.0. The van der Waals surface area contributed by atoms with Gasteiger partial charge in [-0.05, 0) is 57.3 Å². The summed E-state index contributed by atoms with van der Waals surface area (Å²) in [4.78, 5) is 30.9. The Labute approximate surface area is 201 Å². The van der Waals surface area contributed by atoms with Crippen LogP contribution >= 0.6 is 11.3 Å². The maximum Gasteiger partial charge on any atom is 0.311 e. The van der Waals surface area contributed by atoms with Crippen LogP contribution < -0.4 is 5.32 Å². The highest BCUT2D eigenvalue weighted by atomic mass is 32.1. The third-order valence-corrected chi connectivity index (χ3v) is 8.61. The number of carbonyl (C=O) groups is 2. The molecule has 2 aliphatic carbocycles. The van der Waals surface area contributed by atoms with Crippen LogP contribution in [-0.2, 0) is 32.1 Å². The number of rotatable bonds is 7. The molecule has 0 aromatic carbocycles. The van der Waals surface area contributed by atoms with E-state index in [2.05, 4.69) is 19.2 Å². The summed E-state index contributed by atoms with van der Waals surface area (Å²) in [5.41, 5.74) is 0.430. The monoisotopic (exact) mass is 480 g/mol. The number of nitrogens with zero attached hydrogens (tertiary/aromatic N) is 1. The highest BCUT2D eigenvalue weighted by Crippen LogP contribution is 2.57. The number of aromatic nitrogens is 1. The fraction of sp³-hybridized carbons (Fsp3) is 0.800. The Morgan fingerprint density at radius 1 is 1.36 bits per heavy atom. The molecule has 3 rings (SSSR count). The summed E-state index contributed by atoms with van der Waals surface area (Å²) in [7, 11) is 1.61. The van der Waals surface area contributed by atoms with E-state index in [-0.39, 0.29) is 47.6 Å². The zero-order valence-corrected chi connectivity index (χ0v) is 21.9. The quantitative estimate of drug-likeness (QED) is 0.456. The molecule has 0 spiro atoms. The second-order valence-electron chi connectivity index (χ2n) is 11.2. The van der Waals surface area contributed by atoms with Gasteiger partial charge in [0, 0.05) is 30.4 Å². The van der Waals surface area contributed by atoms with Crippen molar-refractivity contribution in [3.05, 3.63) is 15.6 Å². The molecule has 2 aliphatic rings. The van der Waals surface area contributed by atoms with E-state index in [4.69, 9.17) is 14.5 Å². The average molecular weight is 481 g/mol. The number of ether oxygens (including phenoxy) is 2. The van der Waals surface area contributed by atoms with Gasteiger partial charge in [0.2, 0.25) is 5.91 Å². The molecule has 0 saturated heterocycles. The molecule has 0 bridgehead atoms. The number of aliphatic hydroxyl groups excluding tert-OH is 1. The van der Waals surface area contributed by atoms with Crippen LogP contribution in [0, 0.1) is 28.6 Å². The molecule has 8 heteroatoms. The number of aliphatic hydroxyl groups is 1. The lowest BCUT2D eigenvalue weighted by Gasteiger charge is -2.53. The Morgan fingerprint density at radius 2 is 2.06 bits per heavy atom. The van der Waals surface area contributed by atoms with Gasteiger partial charge < -0.3 is 19.9 Å². The lowest BCUT2D eigenvalue weighted by Crippen LogP contribution is -2.53. The minimum Gasteiger partial charge on any atom is -0.458 e. The third-order valence-electron chi connectivity index (χ3n) is 7.57. The molecule has 1 aromatic heterocycles. The van der Waals surface area contributed by atoms with Crippen LogP contribution in [0.25, 0.3) is 0 Å². The van der Waals surface area contributed by atoms with Crippen molar-refractivity contribution in [2.75, 3.05) is 20.3 Å². The van der Waals surface area contributed by atoms with Crippen LogP contribution in [0.1, 0.15) is 75.9 Å². The van der Waals surface area contributed by atoms with Crippen LogP contribution in [0.5, 0.6) is 0 Å². The number of carbonyl (C=O) groups excluding carboxylic acids is 2. The summed E-state index contributed by atoms with van der Waals surface area (Å²) in [5, 5.41) is 15.2. The van der Waals surface area contributed by atoms with Crippen molar-refractivity contribution < 1.29 is 24.2 Å². The van der Waals surface area contributed by atoms with E-state index in [1.165, 1.54) is 4.88 Å². The minimum absolute atomic E-state index is 0.0273. The molecule has 1 fully saturated rings. The molecule has 7 nitrogen and oxygen atoms in total. The fourth-order valence-corrected chi connectivity index (χ4v) is 6.92. The van der Waals surface area contributed by atoms with E-state index in [0.29, 0.717) is 13.2 Å². The van der Waals surface area contributed by atoms with Crippen molar-refractivity contribution in [1.29, 1.82) is 0 Å². The fourth-order valence-electron chi connectivity index (χ4n) is 5.63. The summed E-state index contributed by atoms with van der Waals surface area (Å²) in [5.74, 6) is -0.507. The molecule has 0 aliphatic heterocycles. The number of fused-ring (bicyclic) bond motifs is 2. The number of nitrogens with one attached hydrogen (secondary N) is 1. The number of amides is 1. The molecule has 6 atom stereocenters. The maximum absolute atomic E-state index is 12.7. The van der Waals surface area contributed by atoms with Crippen LogP contribution in [0.15, 0.2) is 0 Å². The van der Waals surface area contributed by atoms with E-state index in [1.807, 2.05) is 27.7 Å². The smallest absolute Gasteiger partial charge is 0.311 e. The minimum atomic E-state index is -0.570. The van der Waals surface area contributed by atoms with Gasteiger partial charge in [-0.3, -0.25) is 9.59 Å². The van der Waals surface area contributed by atoms with Crippen molar-refractivity contribution in [3.63, 3.8) is 0 Å². The lowest BCUT2D eigenvalue weighted by atomic mass is 9.53. The van der Waals surface area contributed by atoms with Gasteiger partial charge in [-0.25, -0.2) is 4.98 Å². The summed E-state index contributed by atoms with van der Waals surface area (Å²) in [6, 6.07) is 0. The predicted octanol–water partition coefficient (Wildman–Crippen LogP) is 3.68. The standard InChI is InChI=1S/C25H40N2O5S/c1-14(22(29)26-10-11-31-7)16-8-9-25(6)12-17-20(15(2)19(25)21(16)28)27-18(33-17)13-32-23(30)24(3,4)5/h14-16,19,21,28H,8-13H2,1-7H3,(H,26,29)/t14-,15-,16+,19+,21-,25-/m0/s1. The van der Waals surface area contributed by atoms with E-state index < -0.39 is 11.5 Å². The topological polar surface area (TPSA) is 97.8 Å². The summed E-state index contributed by atoms with van der Waals surface area (Å²) in [6.45, 7) is 13.0. The second-order valence-corrected chi connectivity index (χ2v) is 12.3. The molecular formula is C25H40N2O5S. The first-order valence-electron chi connectivity index (χ1n) is 12.0. The van der Waals surface area contributed by atoms with Crippen LogP contribution in [0.2, 0.25) is 0 Å². The molecule has 186 valence electrons. The predicted molar refractivity (Wildman–Crippen MR) is 128 cm³/mol. The van der Waals surface area contributed by atoms with Crippen LogP contribution in [-0.4, -0.2) is 48.3 Å². The molecule has 1 saturated carbocycles. The van der Waals surface area contributed by atoms with Gasteiger partial charge in [0.1, 0.15) is 11.6 Å². The Bertz CT molecular complexity index is 863. The zero-order valence-electron chi connectivity index (χ0n) is 21.1. The first-order chi connectivity index (χ1) is 15.4. The first-order valence-corrected chi connectivity index (χ1v) is 12.8. The zero-order chi connectivity index (χ0) is 24.6. The van der Waals surface area contributed by atoms with Crippen molar-refractivity contribution >= 4 is 23.2 Å². The van der Waals surface area contributed by atoms with Crippen LogP contribution in [0.4, 0.5) is 0 Å². The van der Waals surface area contributed by atoms with Crippen molar-refractivity contribution in [1.82, 2.24) is 10.3 Å². The summed E-state index contributed by atoms with van der Waals surface area (Å²) < 4.78 is 10.5. The largest absolute Gasteiger partial charge is 0.458 e. The normalized spacial score (nSPS) is 30.2. The highest BCUT2D eigenvalue weighted by molar-refractivity contribution is 7.11. The number of thiazole rings is 1. The lowest BCUT2D eigenvalue weighted by molar-refractivity contribution is -0.154. The Hall–Kier alpha value is -1.51. The molecular weight excluding hydrogens is 440 g/mol. The summed E-state index contributed by atoms with van der Waals surface area (Å²) in [6.07, 6.45) is 2.08. The van der Waals surface area contributed by atoms with E-state index >= 15 is 0 Å². The van der Waals surface area contributed by atoms with Gasteiger partial charge in [0.15, 0.2) is 0 Å². The SMILES string of the molecule is COCCNC(=O)[C@@H](C)[C@H]1CC[C@@]2(C)Cc3sc(COC(=O)C(C)(C)C)nc3[C@@H](C)[C@@H]2[C@H]1O. The molecule has 1 heterocycles. The van der Waals surface area contributed by atoms with Gasteiger partial charge in [-0.2, -0.15) is 0 Å². The van der Waals surface area contributed by atoms with Gasteiger partial charge in [0.05, 0.1) is 23.8 Å². The molecule has 0 radical (unpaired) electrons. The summed E-state index contributed by atoms with van der Waals surface area (Å²) >= 11 is 1.62. The Balaban J connectivity index is 1.74. The third kappa shape index (κ3) is 5.43. The Morgan fingerprint density at radius 3 is 2.70 bits per heavy atom. The first kappa shape index (κ1) is 26.1. The highest BCUT2D eigenvalue weighted by Gasteiger charge is 2.53. The average Bonchev–Trinajstić information content (AvgIpc) is 3.13. The number of hydrogen-bond donors (Lipinski definition) is 2. The van der Waals surface area contributed by atoms with E-state index in [9.17, 15) is 14.7 Å². The van der Waals surface area contributed by atoms with E-state index in [1.54, 1.807) is 18.4 Å². The number of hydrogen-bond acceptors (Lipinski definition) is 7. The van der Waals surface area contributed by atoms with Gasteiger partial charge in [0.25, 0.3) is 0 Å².